The molecule has 0 unspecified atom stereocenters. The summed E-state index contributed by atoms with van der Waals surface area (Å²) in [5, 5.41) is 8.51. The third-order valence-electron chi connectivity index (χ3n) is 4.01. The largest absolute Gasteiger partial charge is 0.390 e. The van der Waals surface area contributed by atoms with Crippen LogP contribution in [-0.4, -0.2) is 50.1 Å². The summed E-state index contributed by atoms with van der Waals surface area (Å²) in [5.74, 6) is -0.502. The number of oxime groups is 1. The zero-order valence-electron chi connectivity index (χ0n) is 15.5. The molecule has 1 aliphatic rings. The number of aromatic nitrogens is 1. The van der Waals surface area contributed by atoms with Crippen molar-refractivity contribution in [3.05, 3.63) is 41.4 Å². The van der Waals surface area contributed by atoms with Crippen LogP contribution in [0.4, 0.5) is 5.13 Å². The lowest BCUT2D eigenvalue weighted by molar-refractivity contribution is -0.110. The van der Waals surface area contributed by atoms with Gasteiger partial charge in [-0.2, -0.15) is 0 Å². The summed E-state index contributed by atoms with van der Waals surface area (Å²) in [6.45, 7) is 2.07. The third-order valence-corrected chi connectivity index (χ3v) is 6.98. The molecular formula is C18H21N3O5S2. The number of hydrogen-bond donors (Lipinski definition) is 1. The van der Waals surface area contributed by atoms with Crippen molar-refractivity contribution >= 4 is 37.9 Å². The Balaban J connectivity index is 1.84. The molecule has 0 saturated heterocycles. The molecule has 1 atom stereocenters. The first kappa shape index (κ1) is 20.4. The Kier molecular flexibility index (Phi) is 6.42. The number of rotatable bonds is 9. The fraction of sp³-hybridized carbons (Fsp3) is 0.389. The van der Waals surface area contributed by atoms with E-state index in [9.17, 15) is 13.2 Å². The van der Waals surface area contributed by atoms with Gasteiger partial charge in [-0.25, -0.2) is 13.4 Å². The second-order valence-corrected chi connectivity index (χ2v) is 9.49. The molecule has 10 heteroatoms. The Morgan fingerprint density at radius 3 is 2.64 bits per heavy atom. The van der Waals surface area contributed by atoms with Crippen LogP contribution in [-0.2, 0) is 24.2 Å². The van der Waals surface area contributed by atoms with Gasteiger partial charge >= 0.3 is 0 Å². The summed E-state index contributed by atoms with van der Waals surface area (Å²) in [7, 11) is -1.76. The van der Waals surface area contributed by atoms with Crippen LogP contribution in [0.25, 0.3) is 0 Å². The molecule has 8 nitrogen and oxygen atoms in total. The van der Waals surface area contributed by atoms with Gasteiger partial charge < -0.3 is 9.57 Å². The molecule has 1 saturated carbocycles. The highest BCUT2D eigenvalue weighted by Gasteiger charge is 2.36. The van der Waals surface area contributed by atoms with Gasteiger partial charge in [0, 0.05) is 24.3 Å². The number of carbonyl (C=O) groups is 1. The fourth-order valence-corrected chi connectivity index (χ4v) is 4.63. The molecule has 0 bridgehead atoms. The molecular weight excluding hydrogens is 402 g/mol. The molecule has 1 heterocycles. The lowest BCUT2D eigenvalue weighted by Crippen LogP contribution is -2.25. The molecule has 1 amide bonds. The van der Waals surface area contributed by atoms with Gasteiger partial charge in [-0.1, -0.05) is 17.3 Å². The van der Waals surface area contributed by atoms with Gasteiger partial charge in [0.25, 0.3) is 5.91 Å². The number of carbonyl (C=O) groups excluding carboxylic acids is 1. The molecule has 0 aliphatic heterocycles. The van der Waals surface area contributed by atoms with Crippen LogP contribution in [0.3, 0.4) is 0 Å². The number of nitrogens with one attached hydrogen (secondary N) is 1. The maximum absolute atomic E-state index is 12.7. The molecule has 1 aliphatic carbocycles. The minimum Gasteiger partial charge on any atom is -0.390 e. The van der Waals surface area contributed by atoms with Gasteiger partial charge in [0.1, 0.15) is 6.10 Å². The van der Waals surface area contributed by atoms with E-state index in [0.29, 0.717) is 30.1 Å². The van der Waals surface area contributed by atoms with E-state index in [1.807, 2.05) is 0 Å². The summed E-state index contributed by atoms with van der Waals surface area (Å²) in [6.07, 6.45) is 2.60. The van der Waals surface area contributed by atoms with Gasteiger partial charge in [-0.05, 0) is 31.9 Å². The molecule has 1 N–H and O–H groups in total. The van der Waals surface area contributed by atoms with Gasteiger partial charge in [-0.15, -0.1) is 11.3 Å². The molecule has 0 spiro atoms. The van der Waals surface area contributed by atoms with Crippen molar-refractivity contribution in [3.8, 4) is 0 Å². The monoisotopic (exact) mass is 423 g/mol. The van der Waals surface area contributed by atoms with Gasteiger partial charge in [-0.3, -0.25) is 10.1 Å². The topological polar surface area (TPSA) is 107 Å². The van der Waals surface area contributed by atoms with Crippen molar-refractivity contribution in [1.82, 2.24) is 4.98 Å². The SMILES string of the molecule is COC[C@@H](C)ON=C(C(=O)Nc1nccs1)c1ccc(S(=O)(=O)C2CC2)cc1. The first-order chi connectivity index (χ1) is 13.4. The van der Waals surface area contributed by atoms with Crippen molar-refractivity contribution in [2.24, 2.45) is 5.16 Å². The maximum atomic E-state index is 12.7. The van der Waals surface area contributed by atoms with Crippen LogP contribution >= 0.6 is 11.3 Å². The van der Waals surface area contributed by atoms with E-state index < -0.39 is 15.7 Å². The minimum atomic E-state index is -3.30. The van der Waals surface area contributed by atoms with Crippen molar-refractivity contribution in [2.45, 2.75) is 36.0 Å². The number of sulfone groups is 1. The molecule has 2 aromatic rings. The van der Waals surface area contributed by atoms with Crippen LogP contribution in [0.15, 0.2) is 45.9 Å². The van der Waals surface area contributed by atoms with Gasteiger partial charge in [0.05, 0.1) is 16.8 Å². The van der Waals surface area contributed by atoms with E-state index in [2.05, 4.69) is 15.5 Å². The van der Waals surface area contributed by atoms with E-state index in [1.165, 1.54) is 23.5 Å². The lowest BCUT2D eigenvalue weighted by Gasteiger charge is -2.11. The molecule has 28 heavy (non-hydrogen) atoms. The first-order valence-electron chi connectivity index (χ1n) is 8.69. The van der Waals surface area contributed by atoms with E-state index in [0.717, 1.165) is 0 Å². The first-order valence-corrected chi connectivity index (χ1v) is 11.1. The van der Waals surface area contributed by atoms with Crippen LogP contribution in [0.1, 0.15) is 25.3 Å². The van der Waals surface area contributed by atoms with Crippen molar-refractivity contribution in [1.29, 1.82) is 0 Å². The van der Waals surface area contributed by atoms with Crippen LogP contribution in [0.2, 0.25) is 0 Å². The predicted octanol–water partition coefficient (Wildman–Crippen LogP) is 2.47. The van der Waals surface area contributed by atoms with Crippen molar-refractivity contribution in [3.63, 3.8) is 0 Å². The number of amides is 1. The number of hydrogen-bond acceptors (Lipinski definition) is 8. The van der Waals surface area contributed by atoms with Gasteiger partial charge in [0.15, 0.2) is 20.7 Å². The van der Waals surface area contributed by atoms with Crippen molar-refractivity contribution in [2.75, 3.05) is 19.0 Å². The predicted molar refractivity (Wildman–Crippen MR) is 106 cm³/mol. The van der Waals surface area contributed by atoms with E-state index >= 15 is 0 Å². The normalized spacial score (nSPS) is 15.9. The van der Waals surface area contributed by atoms with Crippen LogP contribution < -0.4 is 5.32 Å². The second-order valence-electron chi connectivity index (χ2n) is 6.37. The number of benzene rings is 1. The standard InChI is InChI=1S/C18H21N3O5S2/c1-12(11-25-2)26-21-16(17(22)20-18-19-9-10-27-18)13-3-5-14(6-4-13)28(23,24)15-7-8-15/h3-6,9-10,12,15H,7-8,11H2,1-2H3,(H,19,20,22)/t12-/m1/s1. The second kappa shape index (κ2) is 8.80. The number of anilines is 1. The quantitative estimate of drug-likeness (QED) is 0.490. The van der Waals surface area contributed by atoms with Crippen LogP contribution in [0, 0.1) is 0 Å². The lowest BCUT2D eigenvalue weighted by atomic mass is 10.1. The zero-order valence-corrected chi connectivity index (χ0v) is 17.1. The number of nitrogens with zero attached hydrogens (tertiary/aromatic N) is 2. The number of ether oxygens (including phenoxy) is 1. The van der Waals surface area contributed by atoms with Crippen molar-refractivity contribution < 1.29 is 22.8 Å². The maximum Gasteiger partial charge on any atom is 0.280 e. The molecule has 1 fully saturated rings. The highest BCUT2D eigenvalue weighted by atomic mass is 32.2. The molecule has 1 aromatic heterocycles. The molecule has 150 valence electrons. The average molecular weight is 424 g/mol. The smallest absolute Gasteiger partial charge is 0.280 e. The summed E-state index contributed by atoms with van der Waals surface area (Å²) in [6, 6.07) is 6.10. The summed E-state index contributed by atoms with van der Waals surface area (Å²) < 4.78 is 29.7. The molecule has 1 aromatic carbocycles. The Morgan fingerprint density at radius 2 is 2.07 bits per heavy atom. The number of thiazole rings is 1. The van der Waals surface area contributed by atoms with E-state index in [-0.39, 0.29) is 22.0 Å². The van der Waals surface area contributed by atoms with E-state index in [4.69, 9.17) is 9.57 Å². The average Bonchev–Trinajstić information content (AvgIpc) is 3.42. The Hall–Kier alpha value is -2.30. The van der Waals surface area contributed by atoms with E-state index in [1.54, 1.807) is 37.7 Å². The van der Waals surface area contributed by atoms with Gasteiger partial charge in [0.2, 0.25) is 0 Å². The Bertz CT molecular complexity index is 936. The molecule has 0 radical (unpaired) electrons. The van der Waals surface area contributed by atoms with Crippen LogP contribution in [0.5, 0.6) is 0 Å². The summed E-state index contributed by atoms with van der Waals surface area (Å²) >= 11 is 1.27. The minimum absolute atomic E-state index is 0.0218. The zero-order chi connectivity index (χ0) is 20.1. The Labute approximate surface area is 167 Å². The molecule has 3 rings (SSSR count). The number of methoxy groups -OCH3 is 1. The Morgan fingerprint density at radius 1 is 1.36 bits per heavy atom. The summed E-state index contributed by atoms with van der Waals surface area (Å²) in [4.78, 5) is 22.3. The highest BCUT2D eigenvalue weighted by molar-refractivity contribution is 7.92. The highest BCUT2D eigenvalue weighted by Crippen LogP contribution is 2.33. The third kappa shape index (κ3) is 4.94. The fourth-order valence-electron chi connectivity index (χ4n) is 2.45. The summed E-state index contributed by atoms with van der Waals surface area (Å²) in [5.41, 5.74) is 0.460.